The maximum atomic E-state index is 16.2. The molecule has 0 saturated carbocycles. The maximum Gasteiger partial charge on any atom is 0.248 e. The Labute approximate surface area is 655 Å². The zero-order chi connectivity index (χ0) is 81.9. The van der Waals surface area contributed by atoms with E-state index in [1.165, 1.54) is 33.0 Å². The van der Waals surface area contributed by atoms with Crippen molar-refractivity contribution in [2.75, 3.05) is 25.5 Å². The van der Waals surface area contributed by atoms with E-state index in [0.29, 0.717) is 12.1 Å². The van der Waals surface area contributed by atoms with Crippen molar-refractivity contribution in [2.24, 2.45) is 17.4 Å². The molecule has 13 rings (SSSR count). The number of primary amides is 1. The number of aryl methyl sites for hydroxylation is 1. The molecule has 6 aromatic rings. The fourth-order valence-electron chi connectivity index (χ4n) is 13.8. The maximum absolute atomic E-state index is 16.2. The number of benzene rings is 6. The van der Waals surface area contributed by atoms with Crippen LogP contribution in [0.1, 0.15) is 118 Å². The summed E-state index contributed by atoms with van der Waals surface area (Å²) >= 11 is 14.3. The Morgan fingerprint density at radius 2 is 1.32 bits per heavy atom. The van der Waals surface area contributed by atoms with E-state index in [1.54, 1.807) is 24.3 Å². The normalized spacial score (nSPS) is 27.5. The molecule has 0 aliphatic carbocycles. The molecule has 11 bridgehead atoms. The molecule has 37 heteroatoms. The number of hydrogen-bond acceptors (Lipinski definition) is 26. The molecule has 6 aromatic carbocycles. The average Bonchev–Trinajstić information content (AvgIpc) is 0.822. The lowest BCUT2D eigenvalue weighted by atomic mass is 9.86. The molecule has 35 nitrogen and oxygen atoms in total. The van der Waals surface area contributed by atoms with Gasteiger partial charge >= 0.3 is 0 Å². The van der Waals surface area contributed by atoms with Crippen molar-refractivity contribution >= 4 is 82.1 Å². The zero-order valence-electron chi connectivity index (χ0n) is 61.5. The highest BCUT2D eigenvalue weighted by atomic mass is 35.5. The van der Waals surface area contributed by atoms with E-state index in [4.69, 9.17) is 63.1 Å². The molecule has 18 atom stereocenters. The van der Waals surface area contributed by atoms with Gasteiger partial charge in [0.05, 0.1) is 47.9 Å². The van der Waals surface area contributed by atoms with Crippen LogP contribution in [0.15, 0.2) is 103 Å². The number of aliphatic hydroxyl groups is 6. The molecule has 0 spiro atoms. The van der Waals surface area contributed by atoms with Gasteiger partial charge in [0.2, 0.25) is 65.2 Å². The van der Waals surface area contributed by atoms with E-state index in [9.17, 15) is 69.9 Å². The number of rotatable bonds is 17. The fraction of sp³-hybridized carbons (Fsp3) is 0.408. The largest absolute Gasteiger partial charge is 0.508 e. The highest BCUT2D eigenvalue weighted by Crippen LogP contribution is 2.50. The van der Waals surface area contributed by atoms with Gasteiger partial charge in [0.1, 0.15) is 95.5 Å². The summed E-state index contributed by atoms with van der Waals surface area (Å²) in [6.07, 6.45) is -18.0. The van der Waals surface area contributed by atoms with Crippen LogP contribution in [0.25, 0.3) is 11.1 Å². The number of likely N-dealkylation sites (N-methyl/N-ethyl adjacent to an activating group) is 1. The number of ether oxygens (including phenoxy) is 6. The molecule has 113 heavy (non-hydrogen) atoms. The summed E-state index contributed by atoms with van der Waals surface area (Å²) in [5, 5.41) is 127. The Bertz CT molecular complexity index is 4650. The van der Waals surface area contributed by atoms with Crippen LogP contribution in [0.2, 0.25) is 10.0 Å². The Morgan fingerprint density at radius 3 is 1.92 bits per heavy atom. The zero-order valence-corrected chi connectivity index (χ0v) is 63.0. The molecule has 604 valence electrons. The van der Waals surface area contributed by atoms with Gasteiger partial charge in [-0.3, -0.25) is 43.2 Å². The molecule has 2 saturated heterocycles. The first kappa shape index (κ1) is 83.4. The van der Waals surface area contributed by atoms with Crippen LogP contribution in [-0.4, -0.2) is 198 Å². The van der Waals surface area contributed by atoms with E-state index in [1.807, 2.05) is 20.8 Å². The second-order valence-corrected chi connectivity index (χ2v) is 29.5. The van der Waals surface area contributed by atoms with Crippen LogP contribution in [-0.2, 0) is 63.8 Å². The molecule has 22 N–H and O–H groups in total. The third-order valence-electron chi connectivity index (χ3n) is 19.9. The third kappa shape index (κ3) is 18.6. The first-order valence-corrected chi connectivity index (χ1v) is 36.7. The van der Waals surface area contributed by atoms with Crippen molar-refractivity contribution in [1.29, 1.82) is 0 Å². The molecule has 0 radical (unpaired) electrons. The average molecular weight is 1610 g/mol. The van der Waals surface area contributed by atoms with Crippen LogP contribution >= 0.6 is 23.2 Å². The van der Waals surface area contributed by atoms with Crippen molar-refractivity contribution in [3.05, 3.63) is 147 Å². The van der Waals surface area contributed by atoms with Gasteiger partial charge in [-0.05, 0) is 140 Å². The Morgan fingerprint density at radius 1 is 0.699 bits per heavy atom. The van der Waals surface area contributed by atoms with Gasteiger partial charge in [-0.15, -0.1) is 0 Å². The molecular weight excluding hydrogens is 1520 g/mol. The molecule has 2 fully saturated rings. The van der Waals surface area contributed by atoms with Crippen LogP contribution in [0.5, 0.6) is 46.0 Å². The Balaban J connectivity index is 1.13. The fourth-order valence-corrected chi connectivity index (χ4v) is 14.3. The molecule has 9 amide bonds. The van der Waals surface area contributed by atoms with E-state index in [-0.39, 0.29) is 46.2 Å². The summed E-state index contributed by atoms with van der Waals surface area (Å²) in [4.78, 5) is 134. The molecule has 7 heterocycles. The van der Waals surface area contributed by atoms with Gasteiger partial charge in [0.15, 0.2) is 23.9 Å². The lowest BCUT2D eigenvalue weighted by Crippen LogP contribution is -2.64. The van der Waals surface area contributed by atoms with Crippen molar-refractivity contribution < 1.29 is 118 Å². The van der Waals surface area contributed by atoms with Crippen molar-refractivity contribution in [3.63, 3.8) is 0 Å². The number of aromatic hydroxyl groups is 3. The van der Waals surface area contributed by atoms with E-state index < -0.39 is 250 Å². The number of hydrogen-bond donors (Lipinski definition) is 20. The number of nitrogens with one attached hydrogen (secondary N) is 9. The minimum absolute atomic E-state index is 0.107. The predicted octanol–water partition coefficient (Wildman–Crippen LogP) is 1.34. The number of phenolic OH excluding ortho intramolecular Hbond substituents is 3. The number of nitrogens with two attached hydrogens (primary N) is 2. The van der Waals surface area contributed by atoms with Crippen LogP contribution in [0.3, 0.4) is 0 Å². The second kappa shape index (κ2) is 34.8. The minimum atomic E-state index is -2.37. The number of phenols is 3. The highest BCUT2D eigenvalue weighted by molar-refractivity contribution is 6.32. The Hall–Kier alpha value is -10.5. The van der Waals surface area contributed by atoms with Crippen molar-refractivity contribution in [1.82, 2.24) is 42.5 Å². The van der Waals surface area contributed by atoms with Gasteiger partial charge in [-0.2, -0.15) is 0 Å². The molecule has 18 unspecified atom stereocenters. The smallest absolute Gasteiger partial charge is 0.248 e. The van der Waals surface area contributed by atoms with Gasteiger partial charge in [0.25, 0.3) is 0 Å². The summed E-state index contributed by atoms with van der Waals surface area (Å²) in [5.74, 6) is -16.1. The molecule has 0 aromatic heterocycles. The SMILES string of the molecule is CCc1ccc(NC(=O)CNC(=O)C2NC(=O)C3NC(=O)C(NC(=O)C4NC(=O)C(CC(N)=O)NC(=O)C(NC(=O)C(CC(C)C)NC)C(O)c5ccc(c(Cl)c5)Oc5cc4cc(c5OC4OC(CO)C(O)C(O)C4OC4CC(C)(N)C(O)C(C)O4)Oc4ccc(cc4Cl)C3O)c3ccc(O)c(c3)-c3c(O)cc(O)cc32)cc1. The monoisotopic (exact) mass is 1610 g/mol. The second-order valence-electron chi connectivity index (χ2n) is 28.7. The standard InChI is InChI=1S/C76H87Cl2N11O24/c1-7-32-8-13-37(14-9-32)83-53(95)28-82-70(103)58-40-24-38(91)25-46(93)55(40)39-19-33(10-15-45(39)92)56-71(104)89-60(74(107)87-58)62(97)35-12-17-48(42(78)21-35)110-50-23-36-22-49(65(50)113-75-66(64(99)63(98)51(29-90)111-75)112-54-27-76(5,80)67(100)31(4)108-54)109-47-16-11-34(20-41(47)77)61(96)59(88-68(101)43(81-6)18-30(2)3)73(106)84-44(26-52(79)94)69(102)85-57(36)72(105)86-56/h8-17,19-25,30-31,43-44,51,54,56-64,66-67,75,81,90-93,96-100H,7,18,26-29,80H2,1-6H3,(H2,79,94)(H,82,103)(H,83,95)(H,84,106)(H,85,102)(H,86,105)(H,87,107)(H,88,101)(H,89,104). The van der Waals surface area contributed by atoms with Gasteiger partial charge < -0.3 is 134 Å². The predicted molar refractivity (Wildman–Crippen MR) is 399 cm³/mol. The van der Waals surface area contributed by atoms with Gasteiger partial charge in [-0.25, -0.2) is 0 Å². The number of fused-ring (bicyclic) bond motifs is 15. The number of aliphatic hydroxyl groups excluding tert-OH is 6. The Kier molecular flexibility index (Phi) is 25.7. The first-order chi connectivity index (χ1) is 53.5. The van der Waals surface area contributed by atoms with Crippen LogP contribution in [0.4, 0.5) is 5.69 Å². The minimum Gasteiger partial charge on any atom is -0.508 e. The lowest BCUT2D eigenvalue weighted by molar-refractivity contribution is -0.333. The summed E-state index contributed by atoms with van der Waals surface area (Å²) in [5.41, 5.74) is 9.49. The number of carbonyl (C=O) groups is 9. The van der Waals surface area contributed by atoms with Crippen LogP contribution < -0.4 is 73.5 Å². The number of carbonyl (C=O) groups excluding carboxylic acids is 9. The van der Waals surface area contributed by atoms with Crippen LogP contribution in [0, 0.1) is 5.92 Å². The van der Waals surface area contributed by atoms with Gasteiger partial charge in [0, 0.05) is 34.8 Å². The van der Waals surface area contributed by atoms with Crippen molar-refractivity contribution in [3.8, 4) is 57.1 Å². The molecule has 7 aliphatic rings. The third-order valence-corrected chi connectivity index (χ3v) is 20.4. The van der Waals surface area contributed by atoms with Gasteiger partial charge in [-0.1, -0.05) is 74.3 Å². The highest BCUT2D eigenvalue weighted by Gasteiger charge is 2.52. The summed E-state index contributed by atoms with van der Waals surface area (Å²) in [6, 6.07) is 6.38. The quantitative estimate of drug-likeness (QED) is 0.0612. The van der Waals surface area contributed by atoms with Crippen molar-refractivity contribution in [2.45, 2.75) is 170 Å². The first-order valence-electron chi connectivity index (χ1n) is 35.9. The summed E-state index contributed by atoms with van der Waals surface area (Å²) in [6.45, 7) is 6.81. The van der Waals surface area contributed by atoms with E-state index in [2.05, 4.69) is 47.9 Å². The number of amides is 9. The topological polar surface area (TPSA) is 551 Å². The number of anilines is 1. The lowest BCUT2D eigenvalue weighted by Gasteiger charge is -2.47. The van der Waals surface area contributed by atoms with E-state index >= 15 is 19.2 Å². The molecular formula is C76H87Cl2N11O24. The summed E-state index contributed by atoms with van der Waals surface area (Å²) in [7, 11) is 1.47. The summed E-state index contributed by atoms with van der Waals surface area (Å²) < 4.78 is 38.6. The number of halogens is 2. The van der Waals surface area contributed by atoms with E-state index in [0.717, 1.165) is 72.3 Å². The molecule has 7 aliphatic heterocycles.